The largest absolute Gasteiger partial charge is 0.365 e. The highest BCUT2D eigenvalue weighted by Gasteiger charge is 2.06. The minimum absolute atomic E-state index is 0.0614. The van der Waals surface area contributed by atoms with E-state index < -0.39 is 0 Å². The number of aromatic amines is 1. The molecule has 3 nitrogen and oxygen atoms in total. The lowest BCUT2D eigenvalue weighted by Crippen LogP contribution is -2.23. The average molecular weight is 164 g/mol. The van der Waals surface area contributed by atoms with Crippen LogP contribution in [0.2, 0.25) is 0 Å². The van der Waals surface area contributed by atoms with E-state index in [0.717, 1.165) is 5.69 Å². The molecule has 0 bridgehead atoms. The summed E-state index contributed by atoms with van der Waals surface area (Å²) in [6.07, 6.45) is 3.40. The molecule has 0 spiro atoms. The van der Waals surface area contributed by atoms with Crippen LogP contribution in [-0.4, -0.2) is 17.4 Å². The van der Waals surface area contributed by atoms with Crippen LogP contribution in [0.15, 0.2) is 24.9 Å². The third-order valence-corrected chi connectivity index (χ3v) is 1.61. The highest BCUT2D eigenvalue weighted by molar-refractivity contribution is 5.95. The normalized spacial score (nSPS) is 9.42. The van der Waals surface area contributed by atoms with Crippen molar-refractivity contribution in [3.05, 3.63) is 36.2 Å². The molecule has 1 heterocycles. The topological polar surface area (TPSA) is 44.9 Å². The van der Waals surface area contributed by atoms with E-state index in [4.69, 9.17) is 0 Å². The molecule has 3 heteroatoms. The van der Waals surface area contributed by atoms with Crippen LogP contribution >= 0.6 is 0 Å². The molecule has 2 N–H and O–H groups in total. The molecule has 0 radical (unpaired) electrons. The van der Waals surface area contributed by atoms with Gasteiger partial charge in [-0.25, -0.2) is 0 Å². The second-order valence-corrected chi connectivity index (χ2v) is 2.52. The fourth-order valence-electron chi connectivity index (χ4n) is 0.959. The van der Waals surface area contributed by atoms with Gasteiger partial charge in [0.2, 0.25) is 0 Å². The Kier molecular flexibility index (Phi) is 2.69. The van der Waals surface area contributed by atoms with Gasteiger partial charge >= 0.3 is 0 Å². The number of hydrogen-bond acceptors (Lipinski definition) is 1. The van der Waals surface area contributed by atoms with Gasteiger partial charge in [0, 0.05) is 18.4 Å². The molecular weight excluding hydrogens is 152 g/mol. The second-order valence-electron chi connectivity index (χ2n) is 2.52. The van der Waals surface area contributed by atoms with Crippen LogP contribution in [0.4, 0.5) is 0 Å². The molecule has 0 unspecified atom stereocenters. The highest BCUT2D eigenvalue weighted by atomic mass is 16.1. The first-order valence-electron chi connectivity index (χ1n) is 3.78. The Bertz CT molecular complexity index is 288. The fourth-order valence-corrected chi connectivity index (χ4v) is 0.959. The van der Waals surface area contributed by atoms with Crippen LogP contribution in [0.3, 0.4) is 0 Å². The molecule has 0 fully saturated rings. The number of carbonyl (C=O) groups excluding carboxylic acids is 1. The quantitative estimate of drug-likeness (QED) is 0.648. The van der Waals surface area contributed by atoms with Crippen LogP contribution in [0.25, 0.3) is 0 Å². The summed E-state index contributed by atoms with van der Waals surface area (Å²) in [7, 11) is 0. The minimum Gasteiger partial charge on any atom is -0.365 e. The molecule has 12 heavy (non-hydrogen) atoms. The van der Waals surface area contributed by atoms with Gasteiger partial charge in [0.1, 0.15) is 0 Å². The molecule has 0 saturated carbocycles. The zero-order valence-electron chi connectivity index (χ0n) is 7.05. The maximum Gasteiger partial charge on any atom is 0.253 e. The summed E-state index contributed by atoms with van der Waals surface area (Å²) in [5, 5.41) is 2.70. The Balaban J connectivity index is 2.65. The van der Waals surface area contributed by atoms with Gasteiger partial charge in [-0.3, -0.25) is 4.79 Å². The first-order valence-corrected chi connectivity index (χ1v) is 3.78. The first-order chi connectivity index (χ1) is 5.75. The SMILES string of the molecule is C=CCNC(=O)c1cc[nH]c1C. The van der Waals surface area contributed by atoms with Gasteiger partial charge in [-0.2, -0.15) is 0 Å². The van der Waals surface area contributed by atoms with Gasteiger partial charge in [-0.05, 0) is 13.0 Å². The van der Waals surface area contributed by atoms with Gasteiger partial charge in [0.15, 0.2) is 0 Å². The zero-order valence-corrected chi connectivity index (χ0v) is 7.05. The van der Waals surface area contributed by atoms with Crippen molar-refractivity contribution < 1.29 is 4.79 Å². The fraction of sp³-hybridized carbons (Fsp3) is 0.222. The average Bonchev–Trinajstić information content (AvgIpc) is 2.47. The third kappa shape index (κ3) is 1.75. The van der Waals surface area contributed by atoms with Crippen molar-refractivity contribution in [2.45, 2.75) is 6.92 Å². The second kappa shape index (κ2) is 3.76. The van der Waals surface area contributed by atoms with Crippen LogP contribution in [0.5, 0.6) is 0 Å². The van der Waals surface area contributed by atoms with E-state index in [1.54, 1.807) is 18.3 Å². The summed E-state index contributed by atoms with van der Waals surface area (Å²) < 4.78 is 0. The number of nitrogens with one attached hydrogen (secondary N) is 2. The smallest absolute Gasteiger partial charge is 0.253 e. The predicted molar refractivity (Wildman–Crippen MR) is 48.1 cm³/mol. The van der Waals surface area contributed by atoms with E-state index >= 15 is 0 Å². The number of aryl methyl sites for hydroxylation is 1. The van der Waals surface area contributed by atoms with Gasteiger partial charge in [-0.15, -0.1) is 6.58 Å². The van der Waals surface area contributed by atoms with Crippen molar-refractivity contribution in [1.29, 1.82) is 0 Å². The van der Waals surface area contributed by atoms with Gasteiger partial charge in [0.05, 0.1) is 5.56 Å². The van der Waals surface area contributed by atoms with E-state index in [1.807, 2.05) is 6.92 Å². The van der Waals surface area contributed by atoms with Crippen molar-refractivity contribution in [2.75, 3.05) is 6.54 Å². The molecule has 1 aromatic heterocycles. The van der Waals surface area contributed by atoms with E-state index in [2.05, 4.69) is 16.9 Å². The molecule has 0 aliphatic heterocycles. The summed E-state index contributed by atoms with van der Waals surface area (Å²) in [4.78, 5) is 14.2. The molecule has 1 amide bonds. The standard InChI is InChI=1S/C9H12N2O/c1-3-5-11-9(12)8-4-6-10-7(8)2/h3-4,6,10H,1,5H2,2H3,(H,11,12). The molecular formula is C9H12N2O. The van der Waals surface area contributed by atoms with Crippen molar-refractivity contribution in [2.24, 2.45) is 0 Å². The lowest BCUT2D eigenvalue weighted by Gasteiger charge is -1.99. The molecule has 0 saturated heterocycles. The van der Waals surface area contributed by atoms with E-state index in [0.29, 0.717) is 12.1 Å². The molecule has 64 valence electrons. The van der Waals surface area contributed by atoms with Crippen molar-refractivity contribution in [1.82, 2.24) is 10.3 Å². The van der Waals surface area contributed by atoms with Crippen molar-refractivity contribution >= 4 is 5.91 Å². The Labute approximate surface area is 71.5 Å². The number of amides is 1. The number of carbonyl (C=O) groups is 1. The van der Waals surface area contributed by atoms with Gasteiger partial charge in [0.25, 0.3) is 5.91 Å². The van der Waals surface area contributed by atoms with Crippen LogP contribution < -0.4 is 5.32 Å². The summed E-state index contributed by atoms with van der Waals surface area (Å²) in [5.41, 5.74) is 1.58. The lowest BCUT2D eigenvalue weighted by atomic mass is 10.2. The third-order valence-electron chi connectivity index (χ3n) is 1.61. The summed E-state index contributed by atoms with van der Waals surface area (Å²) in [5.74, 6) is -0.0614. The number of hydrogen-bond donors (Lipinski definition) is 2. The highest BCUT2D eigenvalue weighted by Crippen LogP contribution is 2.03. The molecule has 1 rings (SSSR count). The van der Waals surface area contributed by atoms with Crippen molar-refractivity contribution in [3.63, 3.8) is 0 Å². The summed E-state index contributed by atoms with van der Waals surface area (Å²) >= 11 is 0. The monoisotopic (exact) mass is 164 g/mol. The van der Waals surface area contributed by atoms with Gasteiger partial charge < -0.3 is 10.3 Å². The number of H-pyrrole nitrogens is 1. The van der Waals surface area contributed by atoms with E-state index in [9.17, 15) is 4.79 Å². The maximum absolute atomic E-state index is 11.3. The lowest BCUT2D eigenvalue weighted by molar-refractivity contribution is 0.0957. The Morgan fingerprint density at radius 1 is 1.83 bits per heavy atom. The first kappa shape index (κ1) is 8.59. The van der Waals surface area contributed by atoms with Gasteiger partial charge in [-0.1, -0.05) is 6.08 Å². The molecule has 0 aliphatic carbocycles. The Hall–Kier alpha value is -1.51. The van der Waals surface area contributed by atoms with Crippen LogP contribution in [-0.2, 0) is 0 Å². The molecule has 0 atom stereocenters. The Morgan fingerprint density at radius 2 is 2.58 bits per heavy atom. The predicted octanol–water partition coefficient (Wildman–Crippen LogP) is 1.24. The van der Waals surface area contributed by atoms with Crippen LogP contribution in [0, 0.1) is 6.92 Å². The van der Waals surface area contributed by atoms with E-state index in [1.165, 1.54) is 0 Å². The van der Waals surface area contributed by atoms with Crippen LogP contribution in [0.1, 0.15) is 16.1 Å². The molecule has 0 aromatic carbocycles. The Morgan fingerprint density at radius 3 is 3.08 bits per heavy atom. The summed E-state index contributed by atoms with van der Waals surface area (Å²) in [6, 6.07) is 1.76. The van der Waals surface area contributed by atoms with E-state index in [-0.39, 0.29) is 5.91 Å². The minimum atomic E-state index is -0.0614. The zero-order chi connectivity index (χ0) is 8.97. The number of aromatic nitrogens is 1. The maximum atomic E-state index is 11.3. The van der Waals surface area contributed by atoms with Crippen molar-refractivity contribution in [3.8, 4) is 0 Å². The summed E-state index contributed by atoms with van der Waals surface area (Å²) in [6.45, 7) is 5.88. The number of rotatable bonds is 3. The molecule has 1 aromatic rings. The molecule has 0 aliphatic rings.